The van der Waals surface area contributed by atoms with Gasteiger partial charge in [-0.05, 0) is 66.0 Å². The molecule has 1 N–H and O–H groups in total. The number of alkyl halides is 3. The van der Waals surface area contributed by atoms with Crippen LogP contribution in [0, 0.1) is 19.7 Å². The number of nitrogens with one attached hydrogen (secondary N) is 1. The number of halogens is 5. The molecule has 3 nitrogen and oxygen atoms in total. The summed E-state index contributed by atoms with van der Waals surface area (Å²) in [6.07, 6.45) is -4.42. The van der Waals surface area contributed by atoms with Gasteiger partial charge in [0.25, 0.3) is 0 Å². The van der Waals surface area contributed by atoms with Gasteiger partial charge in [0.2, 0.25) is 0 Å². The number of hydrogen-bond donors (Lipinski definition) is 1. The van der Waals surface area contributed by atoms with E-state index in [-0.39, 0.29) is 10.0 Å². The van der Waals surface area contributed by atoms with Gasteiger partial charge in [-0.15, -0.1) is 5.10 Å². The Kier molecular flexibility index (Phi) is 5.12. The zero-order chi connectivity index (χ0) is 19.9. The molecule has 0 aliphatic heterocycles. The van der Waals surface area contributed by atoms with Crippen LogP contribution in [0.4, 0.5) is 23.4 Å². The van der Waals surface area contributed by atoms with Crippen LogP contribution >= 0.6 is 15.9 Å². The van der Waals surface area contributed by atoms with Crippen molar-refractivity contribution in [2.45, 2.75) is 33.0 Å². The van der Waals surface area contributed by atoms with Crippen molar-refractivity contribution in [2.75, 3.05) is 5.32 Å². The number of rotatable bonds is 3. The predicted molar refractivity (Wildman–Crippen MR) is 100 cm³/mol. The third-order valence-electron chi connectivity index (χ3n) is 4.51. The molecule has 27 heavy (non-hydrogen) atoms. The van der Waals surface area contributed by atoms with E-state index >= 15 is 0 Å². The summed E-state index contributed by atoms with van der Waals surface area (Å²) >= 11 is 3.15. The fourth-order valence-corrected chi connectivity index (χ4v) is 3.44. The van der Waals surface area contributed by atoms with Crippen LogP contribution in [-0.4, -0.2) is 10.2 Å². The largest absolute Gasteiger partial charge is 0.416 e. The molecular weight excluding hydrogens is 426 g/mol. The van der Waals surface area contributed by atoms with E-state index in [1.165, 1.54) is 19.1 Å². The van der Waals surface area contributed by atoms with Gasteiger partial charge in [0, 0.05) is 10.8 Å². The van der Waals surface area contributed by atoms with Crippen molar-refractivity contribution in [3.8, 4) is 0 Å². The Morgan fingerprint density at radius 2 is 1.78 bits per heavy atom. The van der Waals surface area contributed by atoms with Gasteiger partial charge in [-0.1, -0.05) is 12.1 Å². The molecule has 0 radical (unpaired) electrons. The van der Waals surface area contributed by atoms with E-state index in [4.69, 9.17) is 0 Å². The minimum Gasteiger partial charge on any atom is -0.362 e. The van der Waals surface area contributed by atoms with Crippen LogP contribution in [0.2, 0.25) is 0 Å². The molecule has 142 valence electrons. The van der Waals surface area contributed by atoms with Crippen molar-refractivity contribution in [2.24, 2.45) is 0 Å². The van der Waals surface area contributed by atoms with Gasteiger partial charge in [0.15, 0.2) is 5.82 Å². The monoisotopic (exact) mass is 441 g/mol. The molecule has 1 atom stereocenters. The summed E-state index contributed by atoms with van der Waals surface area (Å²) in [7, 11) is 0. The van der Waals surface area contributed by atoms with Gasteiger partial charge >= 0.3 is 6.18 Å². The average molecular weight is 442 g/mol. The lowest BCUT2D eigenvalue weighted by Crippen LogP contribution is -2.14. The van der Waals surface area contributed by atoms with E-state index in [9.17, 15) is 17.6 Å². The Morgan fingerprint density at radius 3 is 2.44 bits per heavy atom. The topological polar surface area (TPSA) is 37.8 Å². The Hall–Kier alpha value is -2.22. The number of anilines is 1. The number of hydrogen-bond acceptors (Lipinski definition) is 3. The summed E-state index contributed by atoms with van der Waals surface area (Å²) in [5.74, 6) is -0.0491. The zero-order valence-corrected chi connectivity index (χ0v) is 16.3. The molecule has 3 aromatic rings. The zero-order valence-electron chi connectivity index (χ0n) is 14.7. The number of nitrogens with zero attached hydrogens (tertiary/aromatic N) is 2. The van der Waals surface area contributed by atoms with Crippen molar-refractivity contribution in [3.63, 3.8) is 0 Å². The highest BCUT2D eigenvalue weighted by Crippen LogP contribution is 2.36. The second kappa shape index (κ2) is 7.07. The van der Waals surface area contributed by atoms with Gasteiger partial charge in [-0.3, -0.25) is 0 Å². The summed E-state index contributed by atoms with van der Waals surface area (Å²) in [5, 5.41) is 12.5. The van der Waals surface area contributed by atoms with Crippen molar-refractivity contribution in [1.29, 1.82) is 0 Å². The standard InChI is InChI=1S/C19H16BrF4N3/c1-9-12(5-4-6-15(9)19(22,23)24)10(2)25-18-14-7-16(20)17(21)8-13(14)11(3)26-27-18/h4-8,10H,1-3H3,(H,25,27). The third kappa shape index (κ3) is 3.76. The lowest BCUT2D eigenvalue weighted by Gasteiger charge is -2.21. The molecule has 0 saturated heterocycles. The molecule has 0 fully saturated rings. The molecule has 3 rings (SSSR count). The SMILES string of the molecule is Cc1c(C(C)Nc2nnc(C)c3cc(F)c(Br)cc23)cccc1C(F)(F)F. The van der Waals surface area contributed by atoms with Gasteiger partial charge in [-0.2, -0.15) is 18.3 Å². The van der Waals surface area contributed by atoms with Gasteiger partial charge in [0.05, 0.1) is 21.8 Å². The summed E-state index contributed by atoms with van der Waals surface area (Å²) in [6, 6.07) is 6.56. The van der Waals surface area contributed by atoms with Crippen LogP contribution in [0.15, 0.2) is 34.8 Å². The van der Waals surface area contributed by atoms with Crippen molar-refractivity contribution in [3.05, 3.63) is 63.0 Å². The fraction of sp³-hybridized carbons (Fsp3) is 0.263. The first-order valence-corrected chi connectivity index (χ1v) is 8.94. The molecule has 0 saturated carbocycles. The Bertz CT molecular complexity index is 1020. The van der Waals surface area contributed by atoms with E-state index in [2.05, 4.69) is 31.4 Å². The summed E-state index contributed by atoms with van der Waals surface area (Å²) < 4.78 is 53.7. The van der Waals surface area contributed by atoms with Crippen LogP contribution in [0.1, 0.15) is 35.3 Å². The number of fused-ring (bicyclic) bond motifs is 1. The Morgan fingerprint density at radius 1 is 1.07 bits per heavy atom. The molecule has 1 heterocycles. The first kappa shape index (κ1) is 19.5. The van der Waals surface area contributed by atoms with Gasteiger partial charge < -0.3 is 5.32 Å². The summed E-state index contributed by atoms with van der Waals surface area (Å²) in [4.78, 5) is 0. The van der Waals surface area contributed by atoms with Crippen LogP contribution in [-0.2, 0) is 6.18 Å². The maximum Gasteiger partial charge on any atom is 0.416 e. The van der Waals surface area contributed by atoms with Crippen LogP contribution in [0.5, 0.6) is 0 Å². The number of aryl methyl sites for hydroxylation is 1. The maximum atomic E-state index is 13.9. The molecular formula is C19H16BrF4N3. The Balaban J connectivity index is 2.04. The van der Waals surface area contributed by atoms with E-state index < -0.39 is 23.6 Å². The second-order valence-electron chi connectivity index (χ2n) is 6.33. The smallest absolute Gasteiger partial charge is 0.362 e. The molecule has 1 aromatic heterocycles. The van der Waals surface area contributed by atoms with Crippen LogP contribution in [0.3, 0.4) is 0 Å². The first-order valence-electron chi connectivity index (χ1n) is 8.15. The van der Waals surface area contributed by atoms with Crippen molar-refractivity contribution in [1.82, 2.24) is 10.2 Å². The highest BCUT2D eigenvalue weighted by molar-refractivity contribution is 9.10. The summed E-state index contributed by atoms with van der Waals surface area (Å²) in [6.45, 7) is 4.91. The summed E-state index contributed by atoms with van der Waals surface area (Å²) in [5.41, 5.74) is 0.547. The molecule has 0 amide bonds. The first-order chi connectivity index (χ1) is 12.6. The molecule has 0 spiro atoms. The lowest BCUT2D eigenvalue weighted by molar-refractivity contribution is -0.138. The minimum atomic E-state index is -4.42. The second-order valence-corrected chi connectivity index (χ2v) is 7.18. The van der Waals surface area contributed by atoms with E-state index in [0.717, 1.165) is 6.07 Å². The maximum absolute atomic E-state index is 13.9. The minimum absolute atomic E-state index is 0.154. The van der Waals surface area contributed by atoms with Crippen molar-refractivity contribution >= 4 is 32.5 Å². The molecule has 2 aromatic carbocycles. The average Bonchev–Trinajstić information content (AvgIpc) is 2.58. The quantitative estimate of drug-likeness (QED) is 0.481. The lowest BCUT2D eigenvalue weighted by atomic mass is 9.97. The van der Waals surface area contributed by atoms with Crippen LogP contribution in [0.25, 0.3) is 10.8 Å². The highest BCUT2D eigenvalue weighted by Gasteiger charge is 2.33. The number of aromatic nitrogens is 2. The van der Waals surface area contributed by atoms with Gasteiger partial charge in [-0.25, -0.2) is 4.39 Å². The van der Waals surface area contributed by atoms with E-state index in [1.807, 2.05) is 0 Å². The predicted octanol–water partition coefficient (Wildman–Crippen LogP) is 6.34. The van der Waals surface area contributed by atoms with Crippen LogP contribution < -0.4 is 5.32 Å². The number of benzene rings is 2. The normalized spacial score (nSPS) is 13.0. The van der Waals surface area contributed by atoms with Crippen molar-refractivity contribution < 1.29 is 17.6 Å². The molecule has 0 aliphatic carbocycles. The fourth-order valence-electron chi connectivity index (χ4n) is 3.09. The Labute approximate surface area is 161 Å². The van der Waals surface area contributed by atoms with E-state index in [1.54, 1.807) is 26.0 Å². The third-order valence-corrected chi connectivity index (χ3v) is 5.11. The molecule has 0 aliphatic rings. The van der Waals surface area contributed by atoms with E-state index in [0.29, 0.717) is 27.8 Å². The van der Waals surface area contributed by atoms with Gasteiger partial charge in [0.1, 0.15) is 5.82 Å². The molecule has 8 heteroatoms. The highest BCUT2D eigenvalue weighted by atomic mass is 79.9. The molecule has 1 unspecified atom stereocenters. The molecule has 0 bridgehead atoms.